The molecule has 8 heteroatoms. The second-order valence-electron chi connectivity index (χ2n) is 8.04. The lowest BCUT2D eigenvalue weighted by atomic mass is 9.83. The third-order valence-electron chi connectivity index (χ3n) is 6.23. The second-order valence-corrected chi connectivity index (χ2v) is 8.04. The fourth-order valence-corrected chi connectivity index (χ4v) is 4.56. The van der Waals surface area contributed by atoms with Gasteiger partial charge in [-0.05, 0) is 87.2 Å². The Hall–Kier alpha value is -2.12. The van der Waals surface area contributed by atoms with E-state index in [1.54, 1.807) is 15.6 Å². The summed E-state index contributed by atoms with van der Waals surface area (Å²) >= 11 is 0. The van der Waals surface area contributed by atoms with Crippen LogP contribution in [0.5, 0.6) is 0 Å². The lowest BCUT2D eigenvalue weighted by Gasteiger charge is -2.27. The van der Waals surface area contributed by atoms with Crippen LogP contribution >= 0.6 is 12.4 Å². The van der Waals surface area contributed by atoms with Crippen LogP contribution < -0.4 is 11.0 Å². The first-order chi connectivity index (χ1) is 13.6. The van der Waals surface area contributed by atoms with E-state index in [9.17, 15) is 9.59 Å². The molecule has 0 atom stereocenters. The molecule has 0 unspecified atom stereocenters. The molecule has 0 bridgehead atoms. The lowest BCUT2D eigenvalue weighted by molar-refractivity contribution is -0.137. The minimum Gasteiger partial charge on any atom is -0.481 e. The Kier molecular flexibility index (Phi) is 7.14. The van der Waals surface area contributed by atoms with Crippen molar-refractivity contribution in [2.45, 2.75) is 57.4 Å². The Morgan fingerprint density at radius 1 is 1.14 bits per heavy atom. The summed E-state index contributed by atoms with van der Waals surface area (Å²) in [6, 6.07) is 6.38. The van der Waals surface area contributed by atoms with Crippen molar-refractivity contribution in [2.24, 2.45) is 5.92 Å². The van der Waals surface area contributed by atoms with Crippen LogP contribution in [0.25, 0.3) is 5.69 Å². The van der Waals surface area contributed by atoms with Crippen molar-refractivity contribution in [2.75, 3.05) is 13.1 Å². The molecule has 158 valence electrons. The molecular formula is C21H29ClN4O3. The standard InChI is InChI=1S/C21H28N4O3.ClH/c26-20(27)8-3-15-1-5-18(6-2-15)25-21(28)24(14-23-25)19-7-4-16-9-11-22-12-10-17(16)13-19;/h4,7,13-15,18,22H,1-3,5-6,8-12H2,(H,26,27);1H. The molecule has 2 aliphatic rings. The van der Waals surface area contributed by atoms with Crippen LogP contribution in [-0.4, -0.2) is 38.5 Å². The van der Waals surface area contributed by atoms with Gasteiger partial charge in [0.05, 0.1) is 11.7 Å². The Balaban J connectivity index is 0.00000240. The normalized spacial score (nSPS) is 21.7. The molecule has 2 aromatic rings. The number of nitrogens with one attached hydrogen (secondary N) is 1. The average molecular weight is 421 g/mol. The number of benzene rings is 1. The van der Waals surface area contributed by atoms with E-state index in [-0.39, 0.29) is 30.6 Å². The molecular weight excluding hydrogens is 392 g/mol. The molecule has 1 aromatic heterocycles. The third kappa shape index (κ3) is 4.90. The van der Waals surface area contributed by atoms with E-state index in [4.69, 9.17) is 5.11 Å². The third-order valence-corrected chi connectivity index (χ3v) is 6.23. The van der Waals surface area contributed by atoms with Crippen LogP contribution in [0.1, 0.15) is 55.7 Å². The number of rotatable bonds is 5. The minimum absolute atomic E-state index is 0. The molecule has 1 aliphatic carbocycles. The maximum Gasteiger partial charge on any atom is 0.350 e. The predicted octanol–water partition coefficient (Wildman–Crippen LogP) is 2.74. The quantitative estimate of drug-likeness (QED) is 0.776. The topological polar surface area (TPSA) is 89.2 Å². The number of aliphatic carboxylic acids is 1. The number of hydrogen-bond acceptors (Lipinski definition) is 4. The Labute approximate surface area is 176 Å². The van der Waals surface area contributed by atoms with E-state index < -0.39 is 5.97 Å². The van der Waals surface area contributed by atoms with E-state index >= 15 is 0 Å². The molecule has 1 fully saturated rings. The molecule has 0 amide bonds. The van der Waals surface area contributed by atoms with Gasteiger partial charge in [0.1, 0.15) is 6.33 Å². The van der Waals surface area contributed by atoms with E-state index in [0.717, 1.165) is 63.7 Å². The summed E-state index contributed by atoms with van der Waals surface area (Å²) in [6.07, 6.45) is 8.30. The largest absolute Gasteiger partial charge is 0.481 e. The molecule has 1 saturated carbocycles. The molecule has 0 saturated heterocycles. The van der Waals surface area contributed by atoms with Gasteiger partial charge in [-0.3, -0.25) is 4.79 Å². The van der Waals surface area contributed by atoms with Crippen molar-refractivity contribution in [1.29, 1.82) is 0 Å². The van der Waals surface area contributed by atoms with E-state index in [0.29, 0.717) is 5.92 Å². The van der Waals surface area contributed by atoms with E-state index in [1.165, 1.54) is 11.1 Å². The molecule has 2 N–H and O–H groups in total. The molecule has 0 radical (unpaired) electrons. The monoisotopic (exact) mass is 420 g/mol. The summed E-state index contributed by atoms with van der Waals surface area (Å²) in [6.45, 7) is 1.97. The average Bonchev–Trinajstić information content (AvgIpc) is 2.93. The van der Waals surface area contributed by atoms with Gasteiger partial charge in [-0.15, -0.1) is 12.4 Å². The summed E-state index contributed by atoms with van der Waals surface area (Å²) in [5.41, 5.74) is 3.46. The Morgan fingerprint density at radius 3 is 2.59 bits per heavy atom. The first-order valence-electron chi connectivity index (χ1n) is 10.3. The van der Waals surface area contributed by atoms with Gasteiger partial charge < -0.3 is 10.4 Å². The van der Waals surface area contributed by atoms with Crippen LogP contribution in [-0.2, 0) is 17.6 Å². The van der Waals surface area contributed by atoms with Crippen LogP contribution in [0.4, 0.5) is 0 Å². The summed E-state index contributed by atoms with van der Waals surface area (Å²) in [7, 11) is 0. The number of nitrogens with zero attached hydrogens (tertiary/aromatic N) is 3. The SMILES string of the molecule is Cl.O=C(O)CCC1CCC(n2ncn(-c3ccc4c(c3)CCNCC4)c2=O)CC1. The van der Waals surface area contributed by atoms with Crippen molar-refractivity contribution >= 4 is 18.4 Å². The van der Waals surface area contributed by atoms with Gasteiger partial charge in [-0.25, -0.2) is 14.0 Å². The number of halogens is 1. The number of carboxylic acids is 1. The molecule has 0 spiro atoms. The molecule has 1 aliphatic heterocycles. The smallest absolute Gasteiger partial charge is 0.350 e. The lowest BCUT2D eigenvalue weighted by Crippen LogP contribution is -2.30. The van der Waals surface area contributed by atoms with Gasteiger partial charge in [0.2, 0.25) is 0 Å². The number of carboxylic acid groups (broad SMARTS) is 1. The van der Waals surface area contributed by atoms with Crippen molar-refractivity contribution in [3.05, 3.63) is 46.1 Å². The Morgan fingerprint density at radius 2 is 1.86 bits per heavy atom. The second kappa shape index (κ2) is 9.59. The van der Waals surface area contributed by atoms with Crippen molar-refractivity contribution < 1.29 is 9.90 Å². The maximum atomic E-state index is 13.0. The highest BCUT2D eigenvalue weighted by molar-refractivity contribution is 5.85. The minimum atomic E-state index is -0.728. The predicted molar refractivity (Wildman–Crippen MR) is 113 cm³/mol. The number of aromatic nitrogens is 3. The Bertz CT molecular complexity index is 900. The van der Waals surface area contributed by atoms with Crippen molar-refractivity contribution in [3.63, 3.8) is 0 Å². The van der Waals surface area contributed by atoms with Gasteiger partial charge in [-0.2, -0.15) is 5.10 Å². The highest BCUT2D eigenvalue weighted by atomic mass is 35.5. The summed E-state index contributed by atoms with van der Waals surface area (Å²) in [4.78, 5) is 23.7. The van der Waals surface area contributed by atoms with Gasteiger partial charge in [0.15, 0.2) is 0 Å². The summed E-state index contributed by atoms with van der Waals surface area (Å²) in [5.74, 6) is -0.281. The molecule has 7 nitrogen and oxygen atoms in total. The van der Waals surface area contributed by atoms with E-state index in [1.807, 2.05) is 6.07 Å². The summed E-state index contributed by atoms with van der Waals surface area (Å²) < 4.78 is 3.27. The van der Waals surface area contributed by atoms with Crippen LogP contribution in [0.15, 0.2) is 29.3 Å². The molecule has 29 heavy (non-hydrogen) atoms. The zero-order valence-corrected chi connectivity index (χ0v) is 17.4. The van der Waals surface area contributed by atoms with Crippen LogP contribution in [0, 0.1) is 5.92 Å². The van der Waals surface area contributed by atoms with Gasteiger partial charge in [-0.1, -0.05) is 6.07 Å². The van der Waals surface area contributed by atoms with Gasteiger partial charge >= 0.3 is 11.7 Å². The highest BCUT2D eigenvalue weighted by Crippen LogP contribution is 2.33. The van der Waals surface area contributed by atoms with Crippen LogP contribution in [0.2, 0.25) is 0 Å². The first kappa shape index (κ1) is 21.6. The van der Waals surface area contributed by atoms with Crippen molar-refractivity contribution in [3.8, 4) is 5.69 Å². The number of hydrogen-bond donors (Lipinski definition) is 2. The number of carbonyl (C=O) groups is 1. The number of fused-ring (bicyclic) bond motifs is 1. The zero-order valence-electron chi connectivity index (χ0n) is 16.5. The van der Waals surface area contributed by atoms with Gasteiger partial charge in [0, 0.05) is 6.42 Å². The fraction of sp³-hybridized carbons (Fsp3) is 0.571. The molecule has 1 aromatic carbocycles. The van der Waals surface area contributed by atoms with Crippen LogP contribution in [0.3, 0.4) is 0 Å². The van der Waals surface area contributed by atoms with Crippen molar-refractivity contribution in [1.82, 2.24) is 19.7 Å². The molecule has 2 heterocycles. The maximum absolute atomic E-state index is 13.0. The van der Waals surface area contributed by atoms with E-state index in [2.05, 4.69) is 22.5 Å². The fourth-order valence-electron chi connectivity index (χ4n) is 4.56. The molecule has 4 rings (SSSR count). The highest BCUT2D eigenvalue weighted by Gasteiger charge is 2.25. The first-order valence-corrected chi connectivity index (χ1v) is 10.3. The van der Waals surface area contributed by atoms with Gasteiger partial charge in [0.25, 0.3) is 0 Å². The zero-order chi connectivity index (χ0) is 19.5. The summed E-state index contributed by atoms with van der Waals surface area (Å²) in [5, 5.41) is 16.7.